The van der Waals surface area contributed by atoms with Crippen LogP contribution >= 0.6 is 0 Å². The lowest BCUT2D eigenvalue weighted by Gasteiger charge is -2.28. The van der Waals surface area contributed by atoms with Crippen molar-refractivity contribution in [1.82, 2.24) is 5.32 Å². The van der Waals surface area contributed by atoms with E-state index in [0.29, 0.717) is 5.92 Å². The molecule has 1 atom stereocenters. The van der Waals surface area contributed by atoms with Crippen molar-refractivity contribution in [3.63, 3.8) is 0 Å². The van der Waals surface area contributed by atoms with E-state index >= 15 is 0 Å². The average Bonchev–Trinajstić information content (AvgIpc) is 2.93. The van der Waals surface area contributed by atoms with Crippen LogP contribution in [0.2, 0.25) is 0 Å². The van der Waals surface area contributed by atoms with Crippen LogP contribution in [0.1, 0.15) is 37.3 Å². The summed E-state index contributed by atoms with van der Waals surface area (Å²) in [5, 5.41) is 3.51. The van der Waals surface area contributed by atoms with E-state index < -0.39 is 0 Å². The summed E-state index contributed by atoms with van der Waals surface area (Å²) in [6.07, 6.45) is 2.23. The van der Waals surface area contributed by atoms with Crippen molar-refractivity contribution in [1.29, 1.82) is 0 Å². The summed E-state index contributed by atoms with van der Waals surface area (Å²) in [6, 6.07) is 9.10. The molecular formula is C18H29NO2. The van der Waals surface area contributed by atoms with Gasteiger partial charge in [-0.3, -0.25) is 0 Å². The third-order valence-electron chi connectivity index (χ3n) is 4.39. The third kappa shape index (κ3) is 4.80. The molecule has 1 fully saturated rings. The lowest BCUT2D eigenvalue weighted by atomic mass is 9.80. The first-order valence-electron chi connectivity index (χ1n) is 8.01. The molecule has 1 unspecified atom stereocenters. The van der Waals surface area contributed by atoms with Crippen LogP contribution in [-0.4, -0.2) is 40.0 Å². The van der Waals surface area contributed by atoms with Gasteiger partial charge in [0.2, 0.25) is 0 Å². The fourth-order valence-corrected chi connectivity index (χ4v) is 2.97. The fraction of sp³-hybridized carbons (Fsp3) is 0.667. The van der Waals surface area contributed by atoms with Crippen LogP contribution in [-0.2, 0) is 15.9 Å². The number of benzene rings is 1. The molecule has 1 aliphatic rings. The van der Waals surface area contributed by atoms with Gasteiger partial charge in [-0.2, -0.15) is 0 Å². The summed E-state index contributed by atoms with van der Waals surface area (Å²) in [7, 11) is 1.74. The highest BCUT2D eigenvalue weighted by molar-refractivity contribution is 5.25. The molecule has 0 amide bonds. The second-order valence-corrected chi connectivity index (χ2v) is 6.55. The summed E-state index contributed by atoms with van der Waals surface area (Å²) in [5.74, 6) is 0.596. The number of hydrogen-bond acceptors (Lipinski definition) is 3. The van der Waals surface area contributed by atoms with E-state index in [1.54, 1.807) is 7.11 Å². The molecule has 1 aromatic carbocycles. The van der Waals surface area contributed by atoms with Crippen molar-refractivity contribution < 1.29 is 9.47 Å². The Hall–Kier alpha value is -0.900. The molecule has 0 aliphatic carbocycles. The van der Waals surface area contributed by atoms with Crippen molar-refractivity contribution in [2.75, 3.05) is 40.0 Å². The molecule has 1 aromatic rings. The van der Waals surface area contributed by atoms with Gasteiger partial charge >= 0.3 is 0 Å². The second-order valence-electron chi connectivity index (χ2n) is 6.55. The van der Waals surface area contributed by atoms with Crippen LogP contribution in [0, 0.1) is 5.41 Å². The molecule has 21 heavy (non-hydrogen) atoms. The second kappa shape index (κ2) is 7.92. The summed E-state index contributed by atoms with van der Waals surface area (Å²) in [5.41, 5.74) is 3.07. The molecule has 0 radical (unpaired) electrons. The molecule has 1 aliphatic heterocycles. The monoisotopic (exact) mass is 291 g/mol. The van der Waals surface area contributed by atoms with E-state index in [2.05, 4.69) is 43.4 Å². The molecule has 1 N–H and O–H groups in total. The summed E-state index contributed by atoms with van der Waals surface area (Å²) in [4.78, 5) is 0. The Kier molecular flexibility index (Phi) is 6.22. The maximum atomic E-state index is 5.68. The molecule has 1 heterocycles. The van der Waals surface area contributed by atoms with Crippen LogP contribution in [0.25, 0.3) is 0 Å². The maximum Gasteiger partial charge on any atom is 0.0587 e. The van der Waals surface area contributed by atoms with Gasteiger partial charge in [-0.05, 0) is 29.9 Å². The lowest BCUT2D eigenvalue weighted by molar-refractivity contribution is 0.145. The molecule has 0 aromatic heterocycles. The average molecular weight is 291 g/mol. The van der Waals surface area contributed by atoms with Crippen molar-refractivity contribution in [3.05, 3.63) is 35.4 Å². The number of hydrogen-bond donors (Lipinski definition) is 1. The Morgan fingerprint density at radius 1 is 1.29 bits per heavy atom. The van der Waals surface area contributed by atoms with Gasteiger partial charge in [0.25, 0.3) is 0 Å². The van der Waals surface area contributed by atoms with Crippen LogP contribution in [0.15, 0.2) is 24.3 Å². The Bertz CT molecular complexity index is 408. The Labute approximate surface area is 129 Å². The van der Waals surface area contributed by atoms with E-state index in [-0.39, 0.29) is 5.41 Å². The first-order valence-corrected chi connectivity index (χ1v) is 8.01. The minimum absolute atomic E-state index is 0.243. The first-order chi connectivity index (χ1) is 10.2. The highest BCUT2D eigenvalue weighted by Crippen LogP contribution is 2.32. The van der Waals surface area contributed by atoms with E-state index in [4.69, 9.17) is 9.47 Å². The van der Waals surface area contributed by atoms with Gasteiger partial charge in [0.1, 0.15) is 0 Å². The minimum atomic E-state index is 0.243. The smallest absolute Gasteiger partial charge is 0.0587 e. The largest absolute Gasteiger partial charge is 0.383 e. The van der Waals surface area contributed by atoms with Gasteiger partial charge in [-0.15, -0.1) is 0 Å². The SMILES string of the molecule is COCCNCC1(Cc2ccc(C(C)C)cc2)CCOC1. The predicted octanol–water partition coefficient (Wildman–Crippen LogP) is 3.00. The zero-order valence-electron chi connectivity index (χ0n) is 13.7. The van der Waals surface area contributed by atoms with E-state index in [0.717, 1.165) is 45.8 Å². The summed E-state index contributed by atoms with van der Waals surface area (Å²) in [6.45, 7) is 8.89. The Morgan fingerprint density at radius 2 is 2.05 bits per heavy atom. The van der Waals surface area contributed by atoms with Gasteiger partial charge in [-0.25, -0.2) is 0 Å². The van der Waals surface area contributed by atoms with Crippen molar-refractivity contribution in [3.8, 4) is 0 Å². The fourth-order valence-electron chi connectivity index (χ4n) is 2.97. The van der Waals surface area contributed by atoms with E-state index in [1.165, 1.54) is 11.1 Å². The zero-order chi connectivity index (χ0) is 15.1. The van der Waals surface area contributed by atoms with E-state index in [1.807, 2.05) is 0 Å². The van der Waals surface area contributed by atoms with Crippen LogP contribution in [0.4, 0.5) is 0 Å². The molecule has 2 rings (SSSR count). The van der Waals surface area contributed by atoms with Crippen LogP contribution < -0.4 is 5.32 Å². The van der Waals surface area contributed by atoms with Crippen LogP contribution in [0.5, 0.6) is 0 Å². The topological polar surface area (TPSA) is 30.5 Å². The molecule has 0 spiro atoms. The molecule has 0 bridgehead atoms. The summed E-state index contributed by atoms with van der Waals surface area (Å²) < 4.78 is 10.8. The van der Waals surface area contributed by atoms with Crippen molar-refractivity contribution in [2.24, 2.45) is 5.41 Å². The summed E-state index contributed by atoms with van der Waals surface area (Å²) >= 11 is 0. The molecule has 3 nitrogen and oxygen atoms in total. The molecule has 3 heteroatoms. The van der Waals surface area contributed by atoms with Gasteiger partial charge in [-0.1, -0.05) is 38.1 Å². The normalized spacial score (nSPS) is 22.1. The molecular weight excluding hydrogens is 262 g/mol. The van der Waals surface area contributed by atoms with E-state index in [9.17, 15) is 0 Å². The Balaban J connectivity index is 1.95. The standard InChI is InChI=1S/C18H29NO2/c1-15(2)17-6-4-16(5-7-17)12-18(8-10-21-14-18)13-19-9-11-20-3/h4-7,15,19H,8-14H2,1-3H3. The van der Waals surface area contributed by atoms with Crippen LogP contribution in [0.3, 0.4) is 0 Å². The molecule has 1 saturated heterocycles. The highest BCUT2D eigenvalue weighted by Gasteiger charge is 2.34. The van der Waals surface area contributed by atoms with Gasteiger partial charge < -0.3 is 14.8 Å². The predicted molar refractivity (Wildman–Crippen MR) is 86.8 cm³/mol. The number of methoxy groups -OCH3 is 1. The number of rotatable bonds is 8. The lowest BCUT2D eigenvalue weighted by Crippen LogP contribution is -2.38. The quantitative estimate of drug-likeness (QED) is 0.747. The third-order valence-corrected chi connectivity index (χ3v) is 4.39. The van der Waals surface area contributed by atoms with Crippen molar-refractivity contribution >= 4 is 0 Å². The first kappa shape index (κ1) is 16.5. The molecule has 0 saturated carbocycles. The number of ether oxygens (including phenoxy) is 2. The minimum Gasteiger partial charge on any atom is -0.383 e. The van der Waals surface area contributed by atoms with Gasteiger partial charge in [0.15, 0.2) is 0 Å². The Morgan fingerprint density at radius 3 is 2.62 bits per heavy atom. The number of nitrogens with one attached hydrogen (secondary N) is 1. The molecule has 118 valence electrons. The van der Waals surface area contributed by atoms with Gasteiger partial charge in [0.05, 0.1) is 13.2 Å². The highest BCUT2D eigenvalue weighted by atomic mass is 16.5. The maximum absolute atomic E-state index is 5.68. The van der Waals surface area contributed by atoms with Gasteiger partial charge in [0, 0.05) is 32.2 Å². The van der Waals surface area contributed by atoms with Crippen molar-refractivity contribution in [2.45, 2.75) is 32.6 Å². The zero-order valence-corrected chi connectivity index (χ0v) is 13.7.